The van der Waals surface area contributed by atoms with Gasteiger partial charge in [-0.1, -0.05) is 18.2 Å². The van der Waals surface area contributed by atoms with Crippen LogP contribution in [0.1, 0.15) is 18.5 Å². The molecule has 1 rings (SSSR count). The van der Waals surface area contributed by atoms with Gasteiger partial charge in [-0.2, -0.15) is 0 Å². The van der Waals surface area contributed by atoms with Crippen LogP contribution in [0.4, 0.5) is 4.39 Å². The molecule has 0 heterocycles. The van der Waals surface area contributed by atoms with E-state index in [4.69, 9.17) is 10.5 Å². The lowest BCUT2D eigenvalue weighted by Crippen LogP contribution is -2.26. The van der Waals surface area contributed by atoms with E-state index >= 15 is 0 Å². The number of carbonyl (C=O) groups excluding carboxylic acids is 1. The van der Waals surface area contributed by atoms with Crippen LogP contribution in [-0.2, 0) is 9.53 Å². The monoisotopic (exact) mass is 240 g/mol. The second-order valence-corrected chi connectivity index (χ2v) is 3.72. The lowest BCUT2D eigenvalue weighted by atomic mass is 10.1. The minimum absolute atomic E-state index is 0.0875. The van der Waals surface area contributed by atoms with E-state index in [0.717, 1.165) is 0 Å². The molecule has 4 nitrogen and oxygen atoms in total. The molecule has 0 aliphatic rings. The van der Waals surface area contributed by atoms with Crippen LogP contribution in [0.5, 0.6) is 0 Å². The summed E-state index contributed by atoms with van der Waals surface area (Å²) < 4.78 is 18.4. The fourth-order valence-corrected chi connectivity index (χ4v) is 1.46. The number of hydrogen-bond donors (Lipinski definition) is 2. The average Bonchev–Trinajstić information content (AvgIpc) is 2.28. The summed E-state index contributed by atoms with van der Waals surface area (Å²) in [6, 6.07) is 6.50. The van der Waals surface area contributed by atoms with Gasteiger partial charge < -0.3 is 15.8 Å². The highest BCUT2D eigenvalue weighted by Gasteiger charge is 2.08. The normalized spacial score (nSPS) is 12.4. The Morgan fingerprint density at radius 1 is 1.53 bits per heavy atom. The predicted molar refractivity (Wildman–Crippen MR) is 62.8 cm³/mol. The maximum absolute atomic E-state index is 13.4. The number of nitrogens with one attached hydrogen (secondary N) is 1. The highest BCUT2D eigenvalue weighted by Crippen LogP contribution is 2.15. The fraction of sp³-hybridized carbons (Fsp3) is 0.417. The molecule has 0 saturated heterocycles. The number of rotatable bonds is 7. The number of halogens is 1. The number of amides is 1. The summed E-state index contributed by atoms with van der Waals surface area (Å²) in [4.78, 5) is 10.4. The van der Waals surface area contributed by atoms with Crippen molar-refractivity contribution >= 4 is 5.91 Å². The number of primary amides is 1. The largest absolute Gasteiger partial charge is 0.370 e. The van der Waals surface area contributed by atoms with Crippen molar-refractivity contribution in [3.8, 4) is 0 Å². The van der Waals surface area contributed by atoms with Crippen molar-refractivity contribution in [1.82, 2.24) is 5.32 Å². The number of carbonyl (C=O) groups is 1. The van der Waals surface area contributed by atoms with Gasteiger partial charge in [-0.25, -0.2) is 4.39 Å². The van der Waals surface area contributed by atoms with Crippen LogP contribution in [-0.4, -0.2) is 25.7 Å². The van der Waals surface area contributed by atoms with Crippen molar-refractivity contribution < 1.29 is 13.9 Å². The Hall–Kier alpha value is -1.46. The second kappa shape index (κ2) is 6.98. The summed E-state index contributed by atoms with van der Waals surface area (Å²) in [6.07, 6.45) is 0. The highest BCUT2D eigenvalue weighted by molar-refractivity contribution is 5.74. The average molecular weight is 240 g/mol. The van der Waals surface area contributed by atoms with Gasteiger partial charge >= 0.3 is 0 Å². The first-order valence-corrected chi connectivity index (χ1v) is 5.45. The molecule has 0 aliphatic carbocycles. The third-order valence-electron chi connectivity index (χ3n) is 2.31. The molecule has 0 radical (unpaired) electrons. The van der Waals surface area contributed by atoms with E-state index in [9.17, 15) is 9.18 Å². The maximum Gasteiger partial charge on any atom is 0.243 e. The Morgan fingerprint density at radius 2 is 2.24 bits per heavy atom. The van der Waals surface area contributed by atoms with Gasteiger partial charge in [-0.3, -0.25) is 4.79 Å². The molecule has 1 aromatic carbocycles. The van der Waals surface area contributed by atoms with E-state index in [1.807, 2.05) is 6.92 Å². The molecule has 1 unspecified atom stereocenters. The number of ether oxygens (including phenoxy) is 1. The number of hydrogen-bond acceptors (Lipinski definition) is 3. The molecular formula is C12H17FN2O2. The minimum atomic E-state index is -0.493. The zero-order valence-electron chi connectivity index (χ0n) is 9.78. The number of nitrogens with two attached hydrogens (primary N) is 1. The van der Waals surface area contributed by atoms with Gasteiger partial charge in [0.15, 0.2) is 0 Å². The molecule has 5 heteroatoms. The Balaban J connectivity index is 2.28. The van der Waals surface area contributed by atoms with Crippen LogP contribution in [0.15, 0.2) is 24.3 Å². The molecule has 1 atom stereocenters. The quantitative estimate of drug-likeness (QED) is 0.698. The smallest absolute Gasteiger partial charge is 0.243 e. The maximum atomic E-state index is 13.4. The van der Waals surface area contributed by atoms with Gasteiger partial charge in [0.2, 0.25) is 5.91 Å². The zero-order valence-corrected chi connectivity index (χ0v) is 9.78. The molecule has 0 aliphatic heterocycles. The topological polar surface area (TPSA) is 64.3 Å². The number of benzene rings is 1. The lowest BCUT2D eigenvalue weighted by molar-refractivity contribution is -0.122. The third-order valence-corrected chi connectivity index (χ3v) is 2.31. The molecule has 0 bridgehead atoms. The summed E-state index contributed by atoms with van der Waals surface area (Å²) in [5, 5.41) is 3.10. The Bertz CT molecular complexity index is 371. The fourth-order valence-electron chi connectivity index (χ4n) is 1.46. The lowest BCUT2D eigenvalue weighted by Gasteiger charge is -2.14. The van der Waals surface area contributed by atoms with Crippen molar-refractivity contribution in [3.05, 3.63) is 35.6 Å². The van der Waals surface area contributed by atoms with Crippen LogP contribution in [0, 0.1) is 5.82 Å². The van der Waals surface area contributed by atoms with Crippen LogP contribution < -0.4 is 11.1 Å². The molecule has 1 aromatic rings. The molecular weight excluding hydrogens is 223 g/mol. The first-order valence-electron chi connectivity index (χ1n) is 5.45. The van der Waals surface area contributed by atoms with Crippen LogP contribution in [0.25, 0.3) is 0 Å². The van der Waals surface area contributed by atoms with Gasteiger partial charge in [-0.15, -0.1) is 0 Å². The van der Waals surface area contributed by atoms with Gasteiger partial charge in [0.1, 0.15) is 12.4 Å². The van der Waals surface area contributed by atoms with Gasteiger partial charge in [0.05, 0.1) is 6.61 Å². The third kappa shape index (κ3) is 4.93. The standard InChI is InChI=1S/C12H17FN2O2/c1-9(10-4-2-3-5-11(10)13)15-6-7-17-8-12(14)16/h2-5,9,15H,6-8H2,1H3,(H2,14,16). The van der Waals surface area contributed by atoms with Crippen molar-refractivity contribution in [3.63, 3.8) is 0 Å². The van der Waals surface area contributed by atoms with Crippen LogP contribution in [0.2, 0.25) is 0 Å². The van der Waals surface area contributed by atoms with Crippen molar-refractivity contribution in [2.45, 2.75) is 13.0 Å². The van der Waals surface area contributed by atoms with E-state index in [1.165, 1.54) is 6.07 Å². The molecule has 0 saturated carbocycles. The molecule has 0 fully saturated rings. The SMILES string of the molecule is CC(NCCOCC(N)=O)c1ccccc1F. The molecule has 1 amide bonds. The summed E-state index contributed by atoms with van der Waals surface area (Å²) in [5.41, 5.74) is 5.52. The first kappa shape index (κ1) is 13.6. The van der Waals surface area contributed by atoms with Crippen molar-refractivity contribution in [2.75, 3.05) is 19.8 Å². The summed E-state index contributed by atoms with van der Waals surface area (Å²) >= 11 is 0. The Kier molecular flexibility index (Phi) is 5.59. The molecule has 3 N–H and O–H groups in total. The van der Waals surface area contributed by atoms with E-state index in [0.29, 0.717) is 18.7 Å². The van der Waals surface area contributed by atoms with Gasteiger partial charge in [-0.05, 0) is 13.0 Å². The second-order valence-electron chi connectivity index (χ2n) is 3.72. The summed E-state index contributed by atoms with van der Waals surface area (Å²) in [5.74, 6) is -0.724. The Labute approximate surface area is 100.0 Å². The van der Waals surface area contributed by atoms with E-state index in [1.54, 1.807) is 18.2 Å². The first-order chi connectivity index (χ1) is 8.11. The van der Waals surface area contributed by atoms with E-state index in [-0.39, 0.29) is 18.5 Å². The van der Waals surface area contributed by atoms with Crippen LogP contribution in [0.3, 0.4) is 0 Å². The molecule has 0 spiro atoms. The minimum Gasteiger partial charge on any atom is -0.370 e. The summed E-state index contributed by atoms with van der Waals surface area (Å²) in [7, 11) is 0. The van der Waals surface area contributed by atoms with E-state index < -0.39 is 5.91 Å². The molecule has 94 valence electrons. The van der Waals surface area contributed by atoms with E-state index in [2.05, 4.69) is 5.32 Å². The van der Waals surface area contributed by atoms with Gasteiger partial charge in [0.25, 0.3) is 0 Å². The Morgan fingerprint density at radius 3 is 2.88 bits per heavy atom. The highest BCUT2D eigenvalue weighted by atomic mass is 19.1. The van der Waals surface area contributed by atoms with Gasteiger partial charge in [0, 0.05) is 18.2 Å². The molecule has 0 aromatic heterocycles. The van der Waals surface area contributed by atoms with Crippen LogP contribution >= 0.6 is 0 Å². The zero-order chi connectivity index (χ0) is 12.7. The predicted octanol–water partition coefficient (Wildman–Crippen LogP) is 0.978. The van der Waals surface area contributed by atoms with Crippen molar-refractivity contribution in [2.24, 2.45) is 5.73 Å². The molecule has 17 heavy (non-hydrogen) atoms. The summed E-state index contributed by atoms with van der Waals surface area (Å²) in [6.45, 7) is 2.67. The van der Waals surface area contributed by atoms with Crippen molar-refractivity contribution in [1.29, 1.82) is 0 Å².